The molecule has 20 heavy (non-hydrogen) atoms. The predicted octanol–water partition coefficient (Wildman–Crippen LogP) is 4.95. The van der Waals surface area contributed by atoms with Gasteiger partial charge in [0.05, 0.1) is 5.92 Å². The fourth-order valence-electron chi connectivity index (χ4n) is 3.21. The molecule has 2 atom stereocenters. The Kier molecular flexibility index (Phi) is 6.01. The number of fused-ring (bicyclic) bond motifs is 1. The van der Waals surface area contributed by atoms with Crippen molar-refractivity contribution < 1.29 is 4.79 Å². The van der Waals surface area contributed by atoms with E-state index in [4.69, 9.17) is 0 Å². The van der Waals surface area contributed by atoms with Crippen LogP contribution in [0.2, 0.25) is 0 Å². The molecule has 0 N–H and O–H groups in total. The first-order valence-corrected chi connectivity index (χ1v) is 9.10. The molecule has 1 fully saturated rings. The van der Waals surface area contributed by atoms with Crippen molar-refractivity contribution >= 4 is 17.9 Å². The second kappa shape index (κ2) is 7.53. The van der Waals surface area contributed by atoms with Crippen LogP contribution in [0.25, 0.3) is 0 Å². The SMILES string of the molecule is CCCCCCCCN1SC2CC(C)=C(C)CC2C1=O. The molecule has 0 aromatic heterocycles. The van der Waals surface area contributed by atoms with Gasteiger partial charge in [0.25, 0.3) is 0 Å². The quantitative estimate of drug-likeness (QED) is 0.376. The van der Waals surface area contributed by atoms with Gasteiger partial charge in [-0.15, -0.1) is 0 Å². The van der Waals surface area contributed by atoms with E-state index in [9.17, 15) is 4.79 Å². The lowest BCUT2D eigenvalue weighted by atomic mass is 9.84. The summed E-state index contributed by atoms with van der Waals surface area (Å²) < 4.78 is 2.07. The third-order valence-corrected chi connectivity index (χ3v) is 6.13. The summed E-state index contributed by atoms with van der Waals surface area (Å²) >= 11 is 1.83. The van der Waals surface area contributed by atoms with Crippen molar-refractivity contribution in [1.82, 2.24) is 4.31 Å². The second-order valence-electron chi connectivity index (χ2n) is 6.43. The van der Waals surface area contributed by atoms with Crippen molar-refractivity contribution in [1.29, 1.82) is 0 Å². The predicted molar refractivity (Wildman–Crippen MR) is 87.6 cm³/mol. The topological polar surface area (TPSA) is 20.3 Å². The molecule has 1 saturated heterocycles. The van der Waals surface area contributed by atoms with Crippen LogP contribution in [0.3, 0.4) is 0 Å². The van der Waals surface area contributed by atoms with Crippen molar-refractivity contribution in [3.8, 4) is 0 Å². The highest BCUT2D eigenvalue weighted by Gasteiger charge is 2.43. The van der Waals surface area contributed by atoms with Gasteiger partial charge in [0.15, 0.2) is 0 Å². The maximum atomic E-state index is 12.4. The number of nitrogens with zero attached hydrogens (tertiary/aromatic N) is 1. The third-order valence-electron chi connectivity index (χ3n) is 4.75. The molecule has 2 aliphatic rings. The Morgan fingerprint density at radius 2 is 1.70 bits per heavy atom. The largest absolute Gasteiger partial charge is 0.286 e. The van der Waals surface area contributed by atoms with Gasteiger partial charge in [-0.1, -0.05) is 50.2 Å². The molecule has 0 spiro atoms. The minimum Gasteiger partial charge on any atom is -0.286 e. The van der Waals surface area contributed by atoms with Crippen LogP contribution in [0.4, 0.5) is 0 Å². The Bertz CT molecular complexity index is 377. The van der Waals surface area contributed by atoms with E-state index >= 15 is 0 Å². The van der Waals surface area contributed by atoms with Crippen molar-refractivity contribution in [2.24, 2.45) is 5.92 Å². The van der Waals surface area contributed by atoms with Crippen molar-refractivity contribution in [2.45, 2.75) is 77.4 Å². The molecule has 0 aromatic carbocycles. The fourth-order valence-corrected chi connectivity index (χ4v) is 4.69. The lowest BCUT2D eigenvalue weighted by Crippen LogP contribution is -2.28. The first kappa shape index (κ1) is 15.9. The van der Waals surface area contributed by atoms with Gasteiger partial charge in [0.1, 0.15) is 0 Å². The Hall–Kier alpha value is -0.440. The molecule has 1 amide bonds. The number of carbonyl (C=O) groups excluding carboxylic acids is 1. The zero-order valence-electron chi connectivity index (χ0n) is 13.3. The summed E-state index contributed by atoms with van der Waals surface area (Å²) in [6, 6.07) is 0. The van der Waals surface area contributed by atoms with Crippen LogP contribution in [0, 0.1) is 5.92 Å². The molecule has 1 aliphatic heterocycles. The Morgan fingerprint density at radius 3 is 2.45 bits per heavy atom. The smallest absolute Gasteiger partial charge is 0.237 e. The molecule has 0 aromatic rings. The average molecular weight is 295 g/mol. The number of unbranched alkanes of at least 4 members (excludes halogenated alkanes) is 5. The minimum atomic E-state index is 0.267. The third kappa shape index (κ3) is 3.81. The highest BCUT2D eigenvalue weighted by molar-refractivity contribution is 7.98. The molecule has 3 heteroatoms. The first-order chi connectivity index (χ1) is 9.63. The summed E-state index contributed by atoms with van der Waals surface area (Å²) in [5, 5.41) is 0.520. The fraction of sp³-hybridized carbons (Fsp3) is 0.824. The molecular formula is C17H29NOS. The number of hydrogen-bond donors (Lipinski definition) is 0. The summed E-state index contributed by atoms with van der Waals surface area (Å²) in [6.07, 6.45) is 9.89. The lowest BCUT2D eigenvalue weighted by molar-refractivity contribution is -0.129. The van der Waals surface area contributed by atoms with E-state index in [1.807, 2.05) is 11.9 Å². The van der Waals surface area contributed by atoms with Gasteiger partial charge >= 0.3 is 0 Å². The molecule has 0 saturated carbocycles. The first-order valence-electron chi connectivity index (χ1n) is 8.26. The van der Waals surface area contributed by atoms with Gasteiger partial charge in [0.2, 0.25) is 5.91 Å². The number of allylic oxidation sites excluding steroid dienone is 2. The van der Waals surface area contributed by atoms with Gasteiger partial charge in [-0.25, -0.2) is 0 Å². The van der Waals surface area contributed by atoms with Crippen molar-refractivity contribution in [2.75, 3.05) is 6.54 Å². The summed E-state index contributed by atoms with van der Waals surface area (Å²) in [4.78, 5) is 12.4. The second-order valence-corrected chi connectivity index (χ2v) is 7.68. The van der Waals surface area contributed by atoms with Crippen LogP contribution in [0.1, 0.15) is 72.1 Å². The van der Waals surface area contributed by atoms with Crippen molar-refractivity contribution in [3.05, 3.63) is 11.1 Å². The monoisotopic (exact) mass is 295 g/mol. The normalized spacial score (nSPS) is 26.4. The molecule has 2 unspecified atom stereocenters. The van der Waals surface area contributed by atoms with Crippen LogP contribution in [-0.2, 0) is 4.79 Å². The molecule has 2 rings (SSSR count). The standard InChI is InChI=1S/C17H29NOS/c1-4-5-6-7-8-9-10-18-17(19)15-11-13(2)14(3)12-16(15)20-18/h15-16H,4-12H2,1-3H3. The molecule has 1 heterocycles. The zero-order chi connectivity index (χ0) is 14.5. The van der Waals surface area contributed by atoms with E-state index in [0.717, 1.165) is 19.4 Å². The number of rotatable bonds is 7. The molecule has 1 aliphatic carbocycles. The van der Waals surface area contributed by atoms with Gasteiger partial charge < -0.3 is 0 Å². The summed E-state index contributed by atoms with van der Waals surface area (Å²) in [5.41, 5.74) is 2.95. The Labute approximate surface area is 128 Å². The Morgan fingerprint density at radius 1 is 1.05 bits per heavy atom. The molecule has 2 nitrogen and oxygen atoms in total. The average Bonchev–Trinajstić information content (AvgIpc) is 2.71. The van der Waals surface area contributed by atoms with Gasteiger partial charge in [-0.2, -0.15) is 0 Å². The molecular weight excluding hydrogens is 266 g/mol. The van der Waals surface area contributed by atoms with Crippen LogP contribution >= 0.6 is 11.9 Å². The van der Waals surface area contributed by atoms with Crippen LogP contribution in [0.15, 0.2) is 11.1 Å². The van der Waals surface area contributed by atoms with Gasteiger partial charge in [-0.05, 0) is 45.1 Å². The highest BCUT2D eigenvalue weighted by atomic mass is 32.2. The molecule has 114 valence electrons. The summed E-state index contributed by atoms with van der Waals surface area (Å²) in [6.45, 7) is 7.63. The number of amides is 1. The van der Waals surface area contributed by atoms with Crippen LogP contribution < -0.4 is 0 Å². The van der Waals surface area contributed by atoms with E-state index in [2.05, 4.69) is 25.1 Å². The van der Waals surface area contributed by atoms with E-state index in [1.165, 1.54) is 49.7 Å². The molecule has 0 bridgehead atoms. The molecule has 0 radical (unpaired) electrons. The van der Waals surface area contributed by atoms with E-state index in [1.54, 1.807) is 0 Å². The van der Waals surface area contributed by atoms with E-state index in [0.29, 0.717) is 11.2 Å². The van der Waals surface area contributed by atoms with Gasteiger partial charge in [0, 0.05) is 11.8 Å². The number of hydrogen-bond acceptors (Lipinski definition) is 2. The highest BCUT2D eigenvalue weighted by Crippen LogP contribution is 2.44. The summed E-state index contributed by atoms with van der Waals surface area (Å²) in [5.74, 6) is 0.671. The summed E-state index contributed by atoms with van der Waals surface area (Å²) in [7, 11) is 0. The van der Waals surface area contributed by atoms with Crippen molar-refractivity contribution in [3.63, 3.8) is 0 Å². The van der Waals surface area contributed by atoms with Gasteiger partial charge in [-0.3, -0.25) is 9.10 Å². The number of carbonyl (C=O) groups is 1. The lowest BCUT2D eigenvalue weighted by Gasteiger charge is -2.23. The minimum absolute atomic E-state index is 0.267. The van der Waals surface area contributed by atoms with E-state index in [-0.39, 0.29) is 5.92 Å². The maximum Gasteiger partial charge on any atom is 0.237 e. The maximum absolute atomic E-state index is 12.4. The zero-order valence-corrected chi connectivity index (χ0v) is 14.1. The van der Waals surface area contributed by atoms with Crippen LogP contribution in [0.5, 0.6) is 0 Å². The van der Waals surface area contributed by atoms with Crippen LogP contribution in [-0.4, -0.2) is 22.0 Å². The Balaban J connectivity index is 1.73. The van der Waals surface area contributed by atoms with E-state index < -0.39 is 0 Å².